The molecule has 5 nitrogen and oxygen atoms in total. The van der Waals surface area contributed by atoms with Crippen LogP contribution >= 0.6 is 0 Å². The summed E-state index contributed by atoms with van der Waals surface area (Å²) in [7, 11) is 4.24. The zero-order chi connectivity index (χ0) is 15.5. The van der Waals surface area contributed by atoms with Crippen LogP contribution < -0.4 is 5.32 Å². The number of aliphatic hydroxyl groups is 1. The third kappa shape index (κ3) is 4.10. The number of aliphatic hydroxyl groups excluding tert-OH is 1. The smallest absolute Gasteiger partial charge is 0.317 e. The van der Waals surface area contributed by atoms with E-state index < -0.39 is 0 Å². The van der Waals surface area contributed by atoms with Crippen molar-refractivity contribution in [2.24, 2.45) is 5.92 Å². The highest BCUT2D eigenvalue weighted by molar-refractivity contribution is 5.75. The second-order valence-corrected chi connectivity index (χ2v) is 7.13. The molecule has 2 aliphatic rings. The Balaban J connectivity index is 1.93. The summed E-state index contributed by atoms with van der Waals surface area (Å²) in [6.45, 7) is 3.50. The first-order chi connectivity index (χ1) is 9.98. The Morgan fingerprint density at radius 3 is 2.57 bits per heavy atom. The van der Waals surface area contributed by atoms with Crippen LogP contribution in [0.1, 0.15) is 45.4 Å². The van der Waals surface area contributed by atoms with E-state index in [4.69, 9.17) is 5.11 Å². The minimum atomic E-state index is -0.00833. The largest absolute Gasteiger partial charge is 0.395 e. The maximum absolute atomic E-state index is 12.4. The van der Waals surface area contributed by atoms with Crippen LogP contribution in [0.3, 0.4) is 0 Å². The van der Waals surface area contributed by atoms with Crippen LogP contribution in [0.4, 0.5) is 4.79 Å². The van der Waals surface area contributed by atoms with E-state index in [0.29, 0.717) is 19.1 Å². The van der Waals surface area contributed by atoms with Gasteiger partial charge in [-0.05, 0) is 45.7 Å². The Bertz CT molecular complexity index is 357. The molecule has 0 aliphatic heterocycles. The molecule has 2 amide bonds. The molecule has 2 fully saturated rings. The molecule has 5 heteroatoms. The molecular formula is C16H31N3O2. The zero-order valence-corrected chi connectivity index (χ0v) is 13.8. The fraction of sp³-hybridized carbons (Fsp3) is 0.938. The molecule has 0 bridgehead atoms. The minimum Gasteiger partial charge on any atom is -0.395 e. The Morgan fingerprint density at radius 1 is 1.33 bits per heavy atom. The highest BCUT2D eigenvalue weighted by Gasteiger charge is 2.38. The van der Waals surface area contributed by atoms with Gasteiger partial charge >= 0.3 is 6.03 Å². The summed E-state index contributed by atoms with van der Waals surface area (Å²) in [5.41, 5.74) is 0.0851. The number of rotatable bonds is 6. The van der Waals surface area contributed by atoms with Gasteiger partial charge in [0, 0.05) is 24.7 Å². The third-order valence-corrected chi connectivity index (χ3v) is 5.17. The standard InChI is InChI=1S/C16H31N3O2/c1-13-5-4-8-16(11-13,18(2)3)12-17-15(21)19(9-10-20)14-6-7-14/h13-14,20H,4-12H2,1-3H3,(H,17,21). The molecule has 0 saturated heterocycles. The number of carbonyl (C=O) groups excluding carboxylic acids is 1. The maximum Gasteiger partial charge on any atom is 0.317 e. The summed E-state index contributed by atoms with van der Waals surface area (Å²) in [5.74, 6) is 0.718. The molecule has 21 heavy (non-hydrogen) atoms. The van der Waals surface area contributed by atoms with Crippen molar-refractivity contribution in [2.75, 3.05) is 33.8 Å². The number of amides is 2. The van der Waals surface area contributed by atoms with E-state index in [1.54, 1.807) is 4.90 Å². The lowest BCUT2D eigenvalue weighted by Gasteiger charge is -2.45. The SMILES string of the molecule is CC1CCCC(CNC(=O)N(CCO)C2CC2)(N(C)C)C1. The zero-order valence-electron chi connectivity index (χ0n) is 13.8. The predicted octanol–water partition coefficient (Wildman–Crippen LogP) is 1.66. The van der Waals surface area contributed by atoms with E-state index in [2.05, 4.69) is 31.2 Å². The molecule has 0 aromatic rings. The van der Waals surface area contributed by atoms with E-state index in [1.165, 1.54) is 12.8 Å². The third-order valence-electron chi connectivity index (χ3n) is 5.17. The van der Waals surface area contributed by atoms with Gasteiger partial charge in [-0.15, -0.1) is 0 Å². The second-order valence-electron chi connectivity index (χ2n) is 7.13. The topological polar surface area (TPSA) is 55.8 Å². The number of likely N-dealkylation sites (N-methyl/N-ethyl adjacent to an activating group) is 1. The van der Waals surface area contributed by atoms with Crippen molar-refractivity contribution in [3.05, 3.63) is 0 Å². The number of carbonyl (C=O) groups is 1. The minimum absolute atomic E-state index is 0.00833. The molecule has 0 radical (unpaired) electrons. The van der Waals surface area contributed by atoms with Crippen molar-refractivity contribution in [2.45, 2.75) is 57.0 Å². The quantitative estimate of drug-likeness (QED) is 0.784. The van der Waals surface area contributed by atoms with Gasteiger partial charge in [0.15, 0.2) is 0 Å². The highest BCUT2D eigenvalue weighted by atomic mass is 16.3. The Labute approximate surface area is 128 Å². The van der Waals surface area contributed by atoms with Crippen LogP contribution in [0.2, 0.25) is 0 Å². The summed E-state index contributed by atoms with van der Waals surface area (Å²) in [4.78, 5) is 16.5. The lowest BCUT2D eigenvalue weighted by atomic mass is 9.75. The van der Waals surface area contributed by atoms with Gasteiger partial charge in [-0.1, -0.05) is 19.8 Å². The average molecular weight is 297 g/mol. The molecule has 2 aliphatic carbocycles. The summed E-state index contributed by atoms with van der Waals surface area (Å²) in [5, 5.41) is 12.3. The predicted molar refractivity (Wildman–Crippen MR) is 84.3 cm³/mol. The second kappa shape index (κ2) is 6.97. The van der Waals surface area contributed by atoms with Gasteiger partial charge in [-0.3, -0.25) is 0 Å². The molecule has 0 aromatic carbocycles. The van der Waals surface area contributed by atoms with E-state index in [0.717, 1.165) is 31.6 Å². The summed E-state index contributed by atoms with van der Waals surface area (Å²) < 4.78 is 0. The fourth-order valence-electron chi connectivity index (χ4n) is 3.64. The van der Waals surface area contributed by atoms with Gasteiger partial charge < -0.3 is 20.2 Å². The molecule has 0 aromatic heterocycles. The summed E-state index contributed by atoms with van der Waals surface area (Å²) in [6, 6.07) is 0.337. The Morgan fingerprint density at radius 2 is 2.05 bits per heavy atom. The van der Waals surface area contributed by atoms with Gasteiger partial charge in [-0.25, -0.2) is 4.79 Å². The van der Waals surface area contributed by atoms with Crippen molar-refractivity contribution in [1.29, 1.82) is 0 Å². The molecule has 0 heterocycles. The first-order valence-corrected chi connectivity index (χ1v) is 8.31. The molecule has 2 unspecified atom stereocenters. The lowest BCUT2D eigenvalue weighted by molar-refractivity contribution is 0.0747. The van der Waals surface area contributed by atoms with E-state index in [9.17, 15) is 4.79 Å². The van der Waals surface area contributed by atoms with E-state index in [-0.39, 0.29) is 18.2 Å². The number of hydrogen-bond acceptors (Lipinski definition) is 3. The molecule has 2 saturated carbocycles. The van der Waals surface area contributed by atoms with Crippen molar-refractivity contribution >= 4 is 6.03 Å². The van der Waals surface area contributed by atoms with Crippen LogP contribution in [-0.4, -0.2) is 66.3 Å². The first-order valence-electron chi connectivity index (χ1n) is 8.31. The highest BCUT2D eigenvalue weighted by Crippen LogP contribution is 2.35. The van der Waals surface area contributed by atoms with Crippen molar-refractivity contribution in [1.82, 2.24) is 15.1 Å². The summed E-state index contributed by atoms with van der Waals surface area (Å²) >= 11 is 0. The lowest BCUT2D eigenvalue weighted by Crippen LogP contribution is -2.57. The van der Waals surface area contributed by atoms with Gasteiger partial charge in [0.25, 0.3) is 0 Å². The number of urea groups is 1. The first kappa shape index (κ1) is 16.6. The number of nitrogens with one attached hydrogen (secondary N) is 1. The maximum atomic E-state index is 12.4. The monoisotopic (exact) mass is 297 g/mol. The molecule has 2 atom stereocenters. The molecular weight excluding hydrogens is 266 g/mol. The van der Waals surface area contributed by atoms with Crippen molar-refractivity contribution in [3.63, 3.8) is 0 Å². The summed E-state index contributed by atoms with van der Waals surface area (Å²) in [6.07, 6.45) is 6.96. The molecule has 2 rings (SSSR count). The van der Waals surface area contributed by atoms with Crippen LogP contribution in [-0.2, 0) is 0 Å². The molecule has 122 valence electrons. The van der Waals surface area contributed by atoms with Crippen LogP contribution in [0.15, 0.2) is 0 Å². The molecule has 0 spiro atoms. The van der Waals surface area contributed by atoms with Crippen molar-refractivity contribution in [3.8, 4) is 0 Å². The number of nitrogens with zero attached hydrogens (tertiary/aromatic N) is 2. The van der Waals surface area contributed by atoms with E-state index in [1.807, 2.05) is 0 Å². The Hall–Kier alpha value is -0.810. The fourth-order valence-corrected chi connectivity index (χ4v) is 3.64. The van der Waals surface area contributed by atoms with Gasteiger partial charge in [-0.2, -0.15) is 0 Å². The van der Waals surface area contributed by atoms with Crippen LogP contribution in [0.25, 0.3) is 0 Å². The molecule has 2 N–H and O–H groups in total. The van der Waals surface area contributed by atoms with E-state index >= 15 is 0 Å². The average Bonchev–Trinajstić information content (AvgIpc) is 3.26. The van der Waals surface area contributed by atoms with Gasteiger partial charge in [0.2, 0.25) is 0 Å². The van der Waals surface area contributed by atoms with Crippen molar-refractivity contribution < 1.29 is 9.90 Å². The Kier molecular flexibility index (Phi) is 5.49. The van der Waals surface area contributed by atoms with Gasteiger partial charge in [0.1, 0.15) is 0 Å². The number of hydrogen-bond donors (Lipinski definition) is 2. The van der Waals surface area contributed by atoms with Crippen LogP contribution in [0, 0.1) is 5.92 Å². The van der Waals surface area contributed by atoms with Gasteiger partial charge in [0.05, 0.1) is 6.61 Å². The normalized spacial score (nSPS) is 29.5. The van der Waals surface area contributed by atoms with Crippen LogP contribution in [0.5, 0.6) is 0 Å².